The Hall–Kier alpha value is -2.82. The zero-order valence-electron chi connectivity index (χ0n) is 18.6. The summed E-state index contributed by atoms with van der Waals surface area (Å²) < 4.78 is 5.71. The molecular weight excluding hydrogens is 376 g/mol. The molecule has 0 radical (unpaired) electrons. The fourth-order valence-corrected chi connectivity index (χ4v) is 3.08. The van der Waals surface area contributed by atoms with E-state index in [0.29, 0.717) is 18.7 Å². The van der Waals surface area contributed by atoms with Crippen LogP contribution in [0.3, 0.4) is 0 Å². The molecule has 2 unspecified atom stereocenters. The minimum absolute atomic E-state index is 0.0688. The van der Waals surface area contributed by atoms with Crippen molar-refractivity contribution in [2.45, 2.75) is 59.0 Å². The Labute approximate surface area is 180 Å². The van der Waals surface area contributed by atoms with Crippen LogP contribution in [0.2, 0.25) is 0 Å². The van der Waals surface area contributed by atoms with Gasteiger partial charge in [0, 0.05) is 12.6 Å². The second-order valence-electron chi connectivity index (χ2n) is 7.60. The van der Waals surface area contributed by atoms with E-state index in [2.05, 4.69) is 12.2 Å². The van der Waals surface area contributed by atoms with Crippen LogP contribution in [0, 0.1) is 0 Å². The average Bonchev–Trinajstić information content (AvgIpc) is 2.78. The van der Waals surface area contributed by atoms with E-state index in [4.69, 9.17) is 4.74 Å². The van der Waals surface area contributed by atoms with Crippen molar-refractivity contribution in [3.8, 4) is 5.75 Å². The van der Waals surface area contributed by atoms with Gasteiger partial charge in [-0.15, -0.1) is 0 Å². The molecule has 2 atom stereocenters. The van der Waals surface area contributed by atoms with E-state index in [1.54, 1.807) is 11.8 Å². The molecule has 5 heteroatoms. The third-order valence-corrected chi connectivity index (χ3v) is 5.35. The Morgan fingerprint density at radius 1 is 0.967 bits per heavy atom. The van der Waals surface area contributed by atoms with E-state index in [1.807, 2.05) is 68.4 Å². The summed E-state index contributed by atoms with van der Waals surface area (Å²) in [6.07, 6.45) is 2.47. The number of hydrogen-bond donors (Lipinski definition) is 1. The molecule has 5 nitrogen and oxygen atoms in total. The van der Waals surface area contributed by atoms with E-state index in [-0.39, 0.29) is 24.5 Å². The van der Waals surface area contributed by atoms with Gasteiger partial charge in [-0.05, 0) is 56.4 Å². The number of ether oxygens (including phenoxy) is 1. The number of amides is 2. The minimum Gasteiger partial charge on any atom is -0.484 e. The van der Waals surface area contributed by atoms with Crippen molar-refractivity contribution in [1.29, 1.82) is 0 Å². The molecule has 0 aliphatic rings. The van der Waals surface area contributed by atoms with Crippen molar-refractivity contribution >= 4 is 11.8 Å². The molecule has 2 rings (SSSR count). The van der Waals surface area contributed by atoms with Gasteiger partial charge in [0.2, 0.25) is 5.91 Å². The van der Waals surface area contributed by atoms with Gasteiger partial charge in [0.1, 0.15) is 11.8 Å². The normalized spacial score (nSPS) is 12.7. The van der Waals surface area contributed by atoms with Crippen LogP contribution in [0.1, 0.15) is 45.2 Å². The molecule has 2 aromatic rings. The van der Waals surface area contributed by atoms with Crippen LogP contribution >= 0.6 is 0 Å². The molecule has 30 heavy (non-hydrogen) atoms. The van der Waals surface area contributed by atoms with Gasteiger partial charge in [-0.25, -0.2) is 0 Å². The zero-order valence-corrected chi connectivity index (χ0v) is 18.6. The first kappa shape index (κ1) is 23.5. The van der Waals surface area contributed by atoms with E-state index >= 15 is 0 Å². The van der Waals surface area contributed by atoms with E-state index in [9.17, 15) is 9.59 Å². The molecule has 162 valence electrons. The maximum atomic E-state index is 13.0. The van der Waals surface area contributed by atoms with Crippen molar-refractivity contribution in [3.63, 3.8) is 0 Å². The van der Waals surface area contributed by atoms with Gasteiger partial charge in [0.05, 0.1) is 0 Å². The summed E-state index contributed by atoms with van der Waals surface area (Å²) in [5, 5.41) is 2.98. The smallest absolute Gasteiger partial charge is 0.261 e. The van der Waals surface area contributed by atoms with Crippen LogP contribution in [-0.2, 0) is 22.4 Å². The van der Waals surface area contributed by atoms with Crippen molar-refractivity contribution < 1.29 is 14.3 Å². The Morgan fingerprint density at radius 3 is 2.23 bits per heavy atom. The quantitative estimate of drug-likeness (QED) is 0.609. The highest BCUT2D eigenvalue weighted by Gasteiger charge is 2.26. The molecule has 0 bridgehead atoms. The Morgan fingerprint density at radius 2 is 1.63 bits per heavy atom. The highest BCUT2D eigenvalue weighted by atomic mass is 16.5. The predicted octanol–water partition coefficient (Wildman–Crippen LogP) is 4.00. The average molecular weight is 411 g/mol. The number of carbonyl (C=O) groups is 2. The first-order chi connectivity index (χ1) is 14.4. The van der Waals surface area contributed by atoms with Crippen LogP contribution in [0.15, 0.2) is 54.6 Å². The lowest BCUT2D eigenvalue weighted by Gasteiger charge is -2.29. The summed E-state index contributed by atoms with van der Waals surface area (Å²) in [4.78, 5) is 27.3. The summed E-state index contributed by atoms with van der Waals surface area (Å²) in [5.41, 5.74) is 2.34. The number of carbonyl (C=O) groups excluding carboxylic acids is 2. The highest BCUT2D eigenvalue weighted by Crippen LogP contribution is 2.13. The van der Waals surface area contributed by atoms with Crippen molar-refractivity contribution in [3.05, 3.63) is 65.7 Å². The van der Waals surface area contributed by atoms with Crippen molar-refractivity contribution in [2.24, 2.45) is 0 Å². The van der Waals surface area contributed by atoms with Gasteiger partial charge in [-0.3, -0.25) is 9.59 Å². The SMILES string of the molecule is CCc1ccc(OCC(=O)N(CCc2ccccc2)C(C)C(=O)NC(C)CC)cc1. The van der Waals surface area contributed by atoms with Gasteiger partial charge >= 0.3 is 0 Å². The molecule has 0 heterocycles. The molecule has 0 fully saturated rings. The molecule has 0 saturated carbocycles. The maximum absolute atomic E-state index is 13.0. The zero-order chi connectivity index (χ0) is 21.9. The van der Waals surface area contributed by atoms with Crippen LogP contribution in [0.25, 0.3) is 0 Å². The number of nitrogens with one attached hydrogen (secondary N) is 1. The van der Waals surface area contributed by atoms with Gasteiger partial charge < -0.3 is 15.0 Å². The number of benzene rings is 2. The largest absolute Gasteiger partial charge is 0.484 e. The first-order valence-electron chi connectivity index (χ1n) is 10.8. The molecule has 0 spiro atoms. The fraction of sp³-hybridized carbons (Fsp3) is 0.440. The Bertz CT molecular complexity index is 790. The summed E-state index contributed by atoms with van der Waals surface area (Å²) in [6, 6.07) is 17.2. The molecular formula is C25H34N2O3. The maximum Gasteiger partial charge on any atom is 0.261 e. The summed E-state index contributed by atoms with van der Waals surface area (Å²) in [7, 11) is 0. The lowest BCUT2D eigenvalue weighted by atomic mass is 10.1. The second kappa shape index (κ2) is 12.0. The monoisotopic (exact) mass is 410 g/mol. The third kappa shape index (κ3) is 7.21. The first-order valence-corrected chi connectivity index (χ1v) is 10.8. The molecule has 0 aliphatic heterocycles. The minimum atomic E-state index is -0.568. The van der Waals surface area contributed by atoms with Crippen LogP contribution < -0.4 is 10.1 Å². The molecule has 1 N–H and O–H groups in total. The van der Waals surface area contributed by atoms with E-state index in [0.717, 1.165) is 18.4 Å². The number of aryl methyl sites for hydroxylation is 1. The van der Waals surface area contributed by atoms with Gasteiger partial charge in [-0.2, -0.15) is 0 Å². The molecule has 2 amide bonds. The van der Waals surface area contributed by atoms with Gasteiger partial charge in [0.25, 0.3) is 5.91 Å². The third-order valence-electron chi connectivity index (χ3n) is 5.35. The molecule has 2 aromatic carbocycles. The topological polar surface area (TPSA) is 58.6 Å². The molecule has 0 saturated heterocycles. The number of rotatable bonds is 11. The van der Waals surface area contributed by atoms with Crippen LogP contribution in [-0.4, -0.2) is 41.9 Å². The highest BCUT2D eigenvalue weighted by molar-refractivity contribution is 5.88. The second-order valence-corrected chi connectivity index (χ2v) is 7.60. The van der Waals surface area contributed by atoms with Crippen LogP contribution in [0.5, 0.6) is 5.75 Å². The van der Waals surface area contributed by atoms with E-state index < -0.39 is 6.04 Å². The van der Waals surface area contributed by atoms with Crippen molar-refractivity contribution in [2.75, 3.05) is 13.2 Å². The Balaban J connectivity index is 2.05. The van der Waals surface area contributed by atoms with Gasteiger partial charge in [0.15, 0.2) is 6.61 Å². The summed E-state index contributed by atoms with van der Waals surface area (Å²) in [6.45, 7) is 8.21. The standard InChI is InChI=1S/C25H34N2O3/c1-5-19(3)26-25(29)20(4)27(17-16-22-10-8-7-9-11-22)24(28)18-30-23-14-12-21(6-2)13-15-23/h7-15,19-20H,5-6,16-18H2,1-4H3,(H,26,29). The summed E-state index contributed by atoms with van der Waals surface area (Å²) in [5.74, 6) is 0.315. The van der Waals surface area contributed by atoms with E-state index in [1.165, 1.54) is 5.56 Å². The molecule has 0 aliphatic carbocycles. The molecule has 0 aromatic heterocycles. The number of hydrogen-bond acceptors (Lipinski definition) is 3. The van der Waals surface area contributed by atoms with Crippen molar-refractivity contribution in [1.82, 2.24) is 10.2 Å². The predicted molar refractivity (Wildman–Crippen MR) is 121 cm³/mol. The fourth-order valence-electron chi connectivity index (χ4n) is 3.08. The number of nitrogens with zero attached hydrogens (tertiary/aromatic N) is 1. The lowest BCUT2D eigenvalue weighted by Crippen LogP contribution is -2.51. The van der Waals surface area contributed by atoms with Gasteiger partial charge in [-0.1, -0.05) is 56.3 Å². The van der Waals surface area contributed by atoms with Crippen LogP contribution in [0.4, 0.5) is 0 Å². The summed E-state index contributed by atoms with van der Waals surface area (Å²) >= 11 is 0. The Kier molecular flexibility index (Phi) is 9.39. The lowest BCUT2D eigenvalue weighted by molar-refractivity contribution is -0.141.